The Kier molecular flexibility index (Phi) is 8.55. The van der Waals surface area contributed by atoms with Crippen LogP contribution in [0.2, 0.25) is 0 Å². The van der Waals surface area contributed by atoms with Gasteiger partial charge < -0.3 is 26.4 Å². The highest BCUT2D eigenvalue weighted by Gasteiger charge is 2.35. The second-order valence-corrected chi connectivity index (χ2v) is 7.24. The van der Waals surface area contributed by atoms with Crippen molar-refractivity contribution in [1.82, 2.24) is 21.3 Å². The minimum Gasteiger partial charge on any atom is -0.494 e. The molecule has 1 aliphatic rings. The molecule has 1 aromatic rings. The third kappa shape index (κ3) is 6.39. The molecule has 0 saturated carbocycles. The van der Waals surface area contributed by atoms with Gasteiger partial charge in [-0.3, -0.25) is 19.7 Å². The fraction of sp³-hybridized carbons (Fsp3) is 0.500. The van der Waals surface area contributed by atoms with Crippen molar-refractivity contribution in [1.29, 1.82) is 0 Å². The predicted molar refractivity (Wildman–Crippen MR) is 108 cm³/mol. The molecule has 0 bridgehead atoms. The Morgan fingerprint density at radius 3 is 2.57 bits per heavy atom. The summed E-state index contributed by atoms with van der Waals surface area (Å²) in [7, 11) is 0. The first-order valence-electron chi connectivity index (χ1n) is 9.18. The summed E-state index contributed by atoms with van der Waals surface area (Å²) in [5.41, 5.74) is 5.91. The third-order valence-electron chi connectivity index (χ3n) is 3.93. The highest BCUT2D eigenvalue weighted by atomic mass is 32.2. The maximum atomic E-state index is 12.4. The number of hydrogen-bond donors (Lipinski definition) is 5. The minimum absolute atomic E-state index is 0.109. The number of hydrogen-bond acceptors (Lipinski definition) is 7. The van der Waals surface area contributed by atoms with Gasteiger partial charge in [0, 0.05) is 12.1 Å². The van der Waals surface area contributed by atoms with Crippen LogP contribution in [0.1, 0.15) is 30.6 Å². The van der Waals surface area contributed by atoms with E-state index >= 15 is 0 Å². The summed E-state index contributed by atoms with van der Waals surface area (Å²) in [6.07, 6.45) is 0.0757. The molecule has 3 unspecified atom stereocenters. The van der Waals surface area contributed by atoms with Gasteiger partial charge in [0.15, 0.2) is 0 Å². The van der Waals surface area contributed by atoms with Gasteiger partial charge in [-0.05, 0) is 37.6 Å². The second-order valence-electron chi connectivity index (χ2n) is 6.15. The minimum atomic E-state index is -0.926. The van der Waals surface area contributed by atoms with Gasteiger partial charge in [0.25, 0.3) is 5.91 Å². The van der Waals surface area contributed by atoms with Crippen molar-refractivity contribution in [3.8, 4) is 5.75 Å². The molecule has 6 N–H and O–H groups in total. The molecule has 28 heavy (non-hydrogen) atoms. The molecule has 10 heteroatoms. The smallest absolute Gasteiger partial charge is 0.252 e. The van der Waals surface area contributed by atoms with Gasteiger partial charge in [-0.2, -0.15) is 0 Å². The fourth-order valence-electron chi connectivity index (χ4n) is 2.51. The van der Waals surface area contributed by atoms with E-state index < -0.39 is 29.5 Å². The molecule has 0 aliphatic carbocycles. The van der Waals surface area contributed by atoms with Crippen molar-refractivity contribution < 1.29 is 19.1 Å². The largest absolute Gasteiger partial charge is 0.494 e. The van der Waals surface area contributed by atoms with E-state index in [-0.39, 0.29) is 11.7 Å². The van der Waals surface area contributed by atoms with E-state index in [0.29, 0.717) is 24.5 Å². The zero-order chi connectivity index (χ0) is 20.5. The molecule has 1 saturated heterocycles. The third-order valence-corrected chi connectivity index (χ3v) is 4.94. The molecule has 154 valence electrons. The molecule has 3 amide bonds. The maximum Gasteiger partial charge on any atom is 0.252 e. The van der Waals surface area contributed by atoms with E-state index in [4.69, 9.17) is 10.5 Å². The number of benzene rings is 1. The SMILES string of the molecule is CCCNC(=O)CSC1NC(=O)C(NC(=O)c2ccc(OCC)cc2)C(N)N1. The van der Waals surface area contributed by atoms with E-state index in [9.17, 15) is 14.4 Å². The number of nitrogens with two attached hydrogens (primary N) is 1. The van der Waals surface area contributed by atoms with Crippen molar-refractivity contribution in [2.45, 2.75) is 38.0 Å². The number of carbonyl (C=O) groups is 3. The average Bonchev–Trinajstić information content (AvgIpc) is 2.68. The summed E-state index contributed by atoms with van der Waals surface area (Å²) in [6, 6.07) is 5.69. The Morgan fingerprint density at radius 1 is 1.25 bits per heavy atom. The zero-order valence-corrected chi connectivity index (χ0v) is 16.8. The van der Waals surface area contributed by atoms with Crippen LogP contribution in [0.4, 0.5) is 0 Å². The lowest BCUT2D eigenvalue weighted by Gasteiger charge is -2.35. The summed E-state index contributed by atoms with van der Waals surface area (Å²) in [4.78, 5) is 36.4. The number of rotatable bonds is 9. The molecule has 2 rings (SSSR count). The highest BCUT2D eigenvalue weighted by Crippen LogP contribution is 2.14. The lowest BCUT2D eigenvalue weighted by atomic mass is 10.1. The first kappa shape index (κ1) is 22.0. The van der Waals surface area contributed by atoms with E-state index in [2.05, 4.69) is 21.3 Å². The molecule has 0 radical (unpaired) electrons. The monoisotopic (exact) mass is 409 g/mol. The first-order valence-corrected chi connectivity index (χ1v) is 10.2. The first-order chi connectivity index (χ1) is 13.4. The molecule has 9 nitrogen and oxygen atoms in total. The molecule has 3 atom stereocenters. The normalized spacial score (nSPS) is 21.5. The number of ether oxygens (including phenoxy) is 1. The lowest BCUT2D eigenvalue weighted by Crippen LogP contribution is -2.70. The van der Waals surface area contributed by atoms with Gasteiger partial charge in [-0.15, -0.1) is 11.8 Å². The van der Waals surface area contributed by atoms with Crippen LogP contribution in [0, 0.1) is 0 Å². The molecule has 1 aliphatic heterocycles. The zero-order valence-electron chi connectivity index (χ0n) is 16.0. The van der Waals surface area contributed by atoms with Gasteiger partial charge in [-0.25, -0.2) is 0 Å². The Bertz CT molecular complexity index is 685. The topological polar surface area (TPSA) is 135 Å². The Morgan fingerprint density at radius 2 is 1.96 bits per heavy atom. The molecule has 1 fully saturated rings. The Hall–Kier alpha value is -2.30. The average molecular weight is 410 g/mol. The second kappa shape index (κ2) is 10.9. The molecular formula is C18H27N5O4S. The summed E-state index contributed by atoms with van der Waals surface area (Å²) in [6.45, 7) is 4.99. The number of nitrogens with one attached hydrogen (secondary N) is 4. The quantitative estimate of drug-likeness (QED) is 0.379. The summed E-state index contributed by atoms with van der Waals surface area (Å²) < 4.78 is 5.34. The summed E-state index contributed by atoms with van der Waals surface area (Å²) >= 11 is 1.23. The Labute approximate surface area is 168 Å². The van der Waals surface area contributed by atoms with E-state index in [1.807, 2.05) is 13.8 Å². The van der Waals surface area contributed by atoms with Crippen molar-refractivity contribution in [3.05, 3.63) is 29.8 Å². The van der Waals surface area contributed by atoms with E-state index in [0.717, 1.165) is 6.42 Å². The molecule has 1 aromatic carbocycles. The van der Waals surface area contributed by atoms with Crippen LogP contribution in [-0.2, 0) is 9.59 Å². The standard InChI is InChI=1S/C18H27N5O4S/c1-3-9-20-13(24)10-28-18-22-15(19)14(17(26)23-18)21-16(25)11-5-7-12(8-6-11)27-4-2/h5-8,14-15,18,22H,3-4,9-10,19H2,1-2H3,(H,20,24)(H,21,25)(H,23,26). The maximum absolute atomic E-state index is 12.4. The van der Waals surface area contributed by atoms with Crippen molar-refractivity contribution in [2.75, 3.05) is 18.9 Å². The van der Waals surface area contributed by atoms with Gasteiger partial charge in [0.1, 0.15) is 17.3 Å². The van der Waals surface area contributed by atoms with Crippen LogP contribution in [0.25, 0.3) is 0 Å². The van der Waals surface area contributed by atoms with Gasteiger partial charge in [-0.1, -0.05) is 6.92 Å². The number of thioether (sulfide) groups is 1. The summed E-state index contributed by atoms with van der Waals surface area (Å²) in [5.74, 6) is -0.0750. The van der Waals surface area contributed by atoms with Crippen LogP contribution in [0.3, 0.4) is 0 Å². The predicted octanol–water partition coefficient (Wildman–Crippen LogP) is -0.269. The van der Waals surface area contributed by atoms with Crippen molar-refractivity contribution in [2.24, 2.45) is 5.73 Å². The molecule has 0 aromatic heterocycles. The molecular weight excluding hydrogens is 382 g/mol. The van der Waals surface area contributed by atoms with Gasteiger partial charge in [0.05, 0.1) is 18.5 Å². The summed E-state index contributed by atoms with van der Waals surface area (Å²) in [5, 5.41) is 11.1. The number of amides is 3. The molecule has 0 spiro atoms. The van der Waals surface area contributed by atoms with Gasteiger partial charge >= 0.3 is 0 Å². The number of carbonyl (C=O) groups excluding carboxylic acids is 3. The Balaban J connectivity index is 1.86. The van der Waals surface area contributed by atoms with Crippen molar-refractivity contribution in [3.63, 3.8) is 0 Å². The van der Waals surface area contributed by atoms with Crippen LogP contribution in [0.15, 0.2) is 24.3 Å². The van der Waals surface area contributed by atoms with Crippen molar-refractivity contribution >= 4 is 29.5 Å². The van der Waals surface area contributed by atoms with Crippen LogP contribution in [-0.4, -0.2) is 54.3 Å². The van der Waals surface area contributed by atoms with E-state index in [1.165, 1.54) is 11.8 Å². The molecule has 1 heterocycles. The van der Waals surface area contributed by atoms with Crippen LogP contribution < -0.4 is 31.7 Å². The lowest BCUT2D eigenvalue weighted by molar-refractivity contribution is -0.125. The van der Waals surface area contributed by atoms with E-state index in [1.54, 1.807) is 24.3 Å². The highest BCUT2D eigenvalue weighted by molar-refractivity contribution is 8.00. The van der Waals surface area contributed by atoms with Crippen LogP contribution >= 0.6 is 11.8 Å². The van der Waals surface area contributed by atoms with Crippen LogP contribution in [0.5, 0.6) is 5.75 Å². The van der Waals surface area contributed by atoms with Gasteiger partial charge in [0.2, 0.25) is 11.8 Å². The fourth-order valence-corrected chi connectivity index (χ4v) is 3.38.